The number of amides is 2. The quantitative estimate of drug-likeness (QED) is 0.768. The topological polar surface area (TPSA) is 93.4 Å². The molecule has 20 heavy (non-hydrogen) atoms. The second kappa shape index (κ2) is 8.76. The fourth-order valence-corrected chi connectivity index (χ4v) is 1.60. The van der Waals surface area contributed by atoms with Crippen molar-refractivity contribution in [2.45, 2.75) is 13.0 Å². The third-order valence-corrected chi connectivity index (χ3v) is 2.54. The number of halogens is 2. The Bertz CT molecular complexity index is 483. The lowest BCUT2D eigenvalue weighted by Gasteiger charge is -2.12. The summed E-state index contributed by atoms with van der Waals surface area (Å²) in [7, 11) is 1.46. The van der Waals surface area contributed by atoms with E-state index in [4.69, 9.17) is 22.1 Å². The largest absolute Gasteiger partial charge is 0.383 e. The number of anilines is 2. The van der Waals surface area contributed by atoms with E-state index in [0.29, 0.717) is 16.4 Å². The number of hydrogen-bond donors (Lipinski definition) is 3. The number of rotatable bonds is 5. The predicted molar refractivity (Wildman–Crippen MR) is 81.5 cm³/mol. The van der Waals surface area contributed by atoms with Crippen molar-refractivity contribution in [1.29, 1.82) is 0 Å². The highest BCUT2D eigenvalue weighted by Gasteiger charge is 2.13. The molecule has 0 saturated heterocycles. The van der Waals surface area contributed by atoms with Gasteiger partial charge in [0.1, 0.15) is 6.04 Å². The molecule has 1 rings (SSSR count). The van der Waals surface area contributed by atoms with Gasteiger partial charge in [0.25, 0.3) is 0 Å². The van der Waals surface area contributed by atoms with Crippen molar-refractivity contribution < 1.29 is 14.3 Å². The lowest BCUT2D eigenvalue weighted by atomic mass is 10.2. The summed E-state index contributed by atoms with van der Waals surface area (Å²) in [6.45, 7) is 1.51. The fraction of sp³-hybridized carbons (Fsp3) is 0.333. The van der Waals surface area contributed by atoms with Crippen LogP contribution in [0.15, 0.2) is 18.2 Å². The number of ether oxygens (including phenoxy) is 1. The number of benzene rings is 1. The summed E-state index contributed by atoms with van der Waals surface area (Å²) < 4.78 is 4.79. The molecular formula is C12H17Cl2N3O3. The molecule has 0 aliphatic carbocycles. The van der Waals surface area contributed by atoms with Crippen LogP contribution in [0.4, 0.5) is 11.4 Å². The molecule has 0 bridgehead atoms. The summed E-state index contributed by atoms with van der Waals surface area (Å²) in [4.78, 5) is 22.6. The Morgan fingerprint density at radius 3 is 2.55 bits per heavy atom. The van der Waals surface area contributed by atoms with Gasteiger partial charge in [0, 0.05) is 19.7 Å². The molecule has 112 valence electrons. The van der Waals surface area contributed by atoms with Gasteiger partial charge in [0.2, 0.25) is 11.8 Å². The molecule has 1 unspecified atom stereocenters. The molecule has 1 atom stereocenters. The molecule has 0 spiro atoms. The monoisotopic (exact) mass is 321 g/mol. The number of nitrogens with one attached hydrogen (secondary N) is 2. The van der Waals surface area contributed by atoms with Crippen molar-refractivity contribution >= 4 is 47.2 Å². The maximum atomic E-state index is 11.6. The van der Waals surface area contributed by atoms with Crippen LogP contribution in [0, 0.1) is 0 Å². The van der Waals surface area contributed by atoms with Gasteiger partial charge in [-0.25, -0.2) is 0 Å². The normalized spacial score (nSPS) is 11.2. The lowest BCUT2D eigenvalue weighted by Crippen LogP contribution is -2.39. The predicted octanol–water partition coefficient (Wildman–Crippen LogP) is 1.63. The van der Waals surface area contributed by atoms with Crippen LogP contribution in [0.2, 0.25) is 5.02 Å². The van der Waals surface area contributed by atoms with Crippen LogP contribution in [-0.2, 0) is 14.3 Å². The molecule has 2 amide bonds. The minimum Gasteiger partial charge on any atom is -0.383 e. The van der Waals surface area contributed by atoms with E-state index in [2.05, 4.69) is 10.6 Å². The van der Waals surface area contributed by atoms with Gasteiger partial charge in [-0.2, -0.15) is 0 Å². The third kappa shape index (κ3) is 5.75. The Kier molecular flexibility index (Phi) is 8.17. The maximum absolute atomic E-state index is 11.6. The van der Waals surface area contributed by atoms with Gasteiger partial charge in [-0.3, -0.25) is 9.59 Å². The molecule has 0 radical (unpaired) electrons. The number of carbonyl (C=O) groups is 2. The van der Waals surface area contributed by atoms with Crippen molar-refractivity contribution in [3.05, 3.63) is 23.2 Å². The highest BCUT2D eigenvalue weighted by Crippen LogP contribution is 2.25. The second-order valence-electron chi connectivity index (χ2n) is 3.93. The molecule has 0 fully saturated rings. The van der Waals surface area contributed by atoms with E-state index in [1.807, 2.05) is 0 Å². The molecular weight excluding hydrogens is 305 g/mol. The van der Waals surface area contributed by atoms with E-state index in [1.54, 1.807) is 12.1 Å². The summed E-state index contributed by atoms with van der Waals surface area (Å²) in [5.74, 6) is -0.592. The average molecular weight is 322 g/mol. The van der Waals surface area contributed by atoms with Crippen LogP contribution in [0.1, 0.15) is 6.92 Å². The first-order valence-electron chi connectivity index (χ1n) is 5.56. The van der Waals surface area contributed by atoms with E-state index in [1.165, 1.54) is 20.1 Å². The standard InChI is InChI=1S/C12H16ClN3O3.ClH/c1-7(17)15-11-4-3-8(5-9(11)13)16-12(18)10(14)6-19-2;/h3-5,10H,6,14H2,1-2H3,(H,15,17)(H,16,18);1H. The zero-order valence-electron chi connectivity index (χ0n) is 11.1. The minimum absolute atomic E-state index is 0. The number of hydrogen-bond acceptors (Lipinski definition) is 4. The second-order valence-corrected chi connectivity index (χ2v) is 4.33. The van der Waals surface area contributed by atoms with Crippen LogP contribution in [0.5, 0.6) is 0 Å². The molecule has 6 nitrogen and oxygen atoms in total. The molecule has 1 aromatic carbocycles. The van der Waals surface area contributed by atoms with Gasteiger partial charge in [-0.1, -0.05) is 11.6 Å². The molecule has 0 saturated carbocycles. The summed E-state index contributed by atoms with van der Waals surface area (Å²) in [5.41, 5.74) is 6.56. The number of carbonyl (C=O) groups excluding carboxylic acids is 2. The van der Waals surface area contributed by atoms with Crippen LogP contribution in [0.3, 0.4) is 0 Å². The van der Waals surface area contributed by atoms with E-state index < -0.39 is 6.04 Å². The zero-order chi connectivity index (χ0) is 14.4. The molecule has 0 aliphatic rings. The fourth-order valence-electron chi connectivity index (χ4n) is 1.37. The van der Waals surface area contributed by atoms with Crippen molar-refractivity contribution in [3.63, 3.8) is 0 Å². The van der Waals surface area contributed by atoms with Gasteiger partial charge in [-0.05, 0) is 18.2 Å². The van der Waals surface area contributed by atoms with Crippen LogP contribution in [-0.4, -0.2) is 31.6 Å². The Morgan fingerprint density at radius 1 is 1.40 bits per heavy atom. The molecule has 4 N–H and O–H groups in total. The number of methoxy groups -OCH3 is 1. The highest BCUT2D eigenvalue weighted by molar-refractivity contribution is 6.34. The van der Waals surface area contributed by atoms with E-state index in [-0.39, 0.29) is 30.8 Å². The van der Waals surface area contributed by atoms with Crippen molar-refractivity contribution in [2.24, 2.45) is 5.73 Å². The summed E-state index contributed by atoms with van der Waals surface area (Å²) in [6, 6.07) is 4.00. The van der Waals surface area contributed by atoms with Crippen LogP contribution in [0.25, 0.3) is 0 Å². The van der Waals surface area contributed by atoms with E-state index in [9.17, 15) is 9.59 Å². The zero-order valence-corrected chi connectivity index (χ0v) is 12.7. The molecule has 0 heterocycles. The first-order chi connectivity index (χ1) is 8.93. The highest BCUT2D eigenvalue weighted by atomic mass is 35.5. The Labute approximate surface area is 128 Å². The van der Waals surface area contributed by atoms with Crippen LogP contribution < -0.4 is 16.4 Å². The van der Waals surface area contributed by atoms with Crippen molar-refractivity contribution in [2.75, 3.05) is 24.4 Å². The van der Waals surface area contributed by atoms with E-state index in [0.717, 1.165) is 0 Å². The Morgan fingerprint density at radius 2 is 2.05 bits per heavy atom. The van der Waals surface area contributed by atoms with Crippen molar-refractivity contribution in [3.8, 4) is 0 Å². The Hall–Kier alpha value is -1.34. The molecule has 8 heteroatoms. The van der Waals surface area contributed by atoms with Crippen LogP contribution >= 0.6 is 24.0 Å². The van der Waals surface area contributed by atoms with Crippen molar-refractivity contribution in [1.82, 2.24) is 0 Å². The summed E-state index contributed by atoms with van der Waals surface area (Å²) in [5, 5.41) is 5.50. The van der Waals surface area contributed by atoms with Gasteiger partial charge < -0.3 is 21.1 Å². The first kappa shape index (κ1) is 18.7. The number of nitrogens with two attached hydrogens (primary N) is 1. The van der Waals surface area contributed by atoms with Gasteiger partial charge in [-0.15, -0.1) is 12.4 Å². The molecule has 1 aromatic rings. The molecule has 0 aromatic heterocycles. The summed E-state index contributed by atoms with van der Waals surface area (Å²) in [6.07, 6.45) is 0. The minimum atomic E-state index is -0.751. The van der Waals surface area contributed by atoms with Gasteiger partial charge in [0.05, 0.1) is 17.3 Å². The molecule has 0 aliphatic heterocycles. The lowest BCUT2D eigenvalue weighted by molar-refractivity contribution is -0.118. The van der Waals surface area contributed by atoms with Gasteiger partial charge in [0.15, 0.2) is 0 Å². The summed E-state index contributed by atoms with van der Waals surface area (Å²) >= 11 is 5.98. The SMILES string of the molecule is COCC(N)C(=O)Nc1ccc(NC(C)=O)c(Cl)c1.Cl. The third-order valence-electron chi connectivity index (χ3n) is 2.23. The maximum Gasteiger partial charge on any atom is 0.243 e. The smallest absolute Gasteiger partial charge is 0.243 e. The Balaban J connectivity index is 0.00000361. The van der Waals surface area contributed by atoms with Gasteiger partial charge >= 0.3 is 0 Å². The average Bonchev–Trinajstić information content (AvgIpc) is 2.32. The van der Waals surface area contributed by atoms with E-state index >= 15 is 0 Å². The first-order valence-corrected chi connectivity index (χ1v) is 5.94.